The molecule has 168 valence electrons. The summed E-state index contributed by atoms with van der Waals surface area (Å²) in [6.45, 7) is 3.25. The van der Waals surface area contributed by atoms with E-state index in [1.165, 1.54) is 19.3 Å². The predicted molar refractivity (Wildman–Crippen MR) is 134 cm³/mol. The van der Waals surface area contributed by atoms with Crippen LogP contribution in [0.1, 0.15) is 30.4 Å². The van der Waals surface area contributed by atoms with Crippen molar-refractivity contribution in [1.29, 1.82) is 0 Å². The summed E-state index contributed by atoms with van der Waals surface area (Å²) in [6, 6.07) is 19.8. The first-order chi connectivity index (χ1) is 15.6. The molecule has 0 saturated carbocycles. The Hall–Kier alpha value is -2.56. The highest BCUT2D eigenvalue weighted by atomic mass is 35.5. The molecule has 3 aromatic carbocycles. The van der Waals surface area contributed by atoms with E-state index in [1.807, 2.05) is 48.5 Å². The van der Waals surface area contributed by atoms with Crippen molar-refractivity contribution in [2.75, 3.05) is 30.4 Å². The van der Waals surface area contributed by atoms with E-state index in [4.69, 9.17) is 32.7 Å². The molecule has 1 fully saturated rings. The maximum Gasteiger partial charge on any atom is 0.161 e. The van der Waals surface area contributed by atoms with Crippen LogP contribution in [-0.2, 0) is 13.2 Å². The Bertz CT molecular complexity index is 1050. The molecule has 0 radical (unpaired) electrons. The highest BCUT2D eigenvalue weighted by molar-refractivity contribution is 6.33. The third-order valence-electron chi connectivity index (χ3n) is 5.65. The average molecular weight is 471 g/mol. The van der Waals surface area contributed by atoms with Crippen LogP contribution in [-0.4, -0.2) is 20.2 Å². The minimum atomic E-state index is 0.427. The van der Waals surface area contributed by atoms with Crippen LogP contribution in [0.3, 0.4) is 0 Å². The van der Waals surface area contributed by atoms with E-state index in [-0.39, 0.29) is 0 Å². The van der Waals surface area contributed by atoms with E-state index in [0.29, 0.717) is 29.7 Å². The second-order valence-electron chi connectivity index (χ2n) is 7.97. The Balaban J connectivity index is 1.37. The van der Waals surface area contributed by atoms with Gasteiger partial charge in [0.15, 0.2) is 11.5 Å². The van der Waals surface area contributed by atoms with Crippen molar-refractivity contribution in [2.45, 2.75) is 32.4 Å². The highest BCUT2D eigenvalue weighted by Gasteiger charge is 2.14. The number of methoxy groups -OCH3 is 1. The van der Waals surface area contributed by atoms with Gasteiger partial charge in [0, 0.05) is 30.3 Å². The molecular formula is C26H28Cl2N2O2. The Morgan fingerprint density at radius 1 is 0.875 bits per heavy atom. The van der Waals surface area contributed by atoms with Gasteiger partial charge in [-0.25, -0.2) is 0 Å². The number of nitrogens with one attached hydrogen (secondary N) is 1. The standard InChI is InChI=1S/C26H28Cl2N2O2/c1-31-26-15-19(8-11-25(26)32-18-20-6-5-7-21(27)14-20)17-29-22-9-10-24(23(28)16-22)30-12-3-2-4-13-30/h5-11,14-16,29H,2-4,12-13,17-18H2,1H3. The number of piperidine rings is 1. The fraction of sp³-hybridized carbons (Fsp3) is 0.308. The van der Waals surface area contributed by atoms with Crippen molar-refractivity contribution < 1.29 is 9.47 Å². The van der Waals surface area contributed by atoms with Crippen molar-refractivity contribution in [3.05, 3.63) is 81.8 Å². The molecule has 0 unspecified atom stereocenters. The van der Waals surface area contributed by atoms with Gasteiger partial charge in [0.2, 0.25) is 0 Å². The highest BCUT2D eigenvalue weighted by Crippen LogP contribution is 2.32. The summed E-state index contributed by atoms with van der Waals surface area (Å²) in [6.07, 6.45) is 3.77. The van der Waals surface area contributed by atoms with E-state index < -0.39 is 0 Å². The van der Waals surface area contributed by atoms with Gasteiger partial charge in [0.1, 0.15) is 6.61 Å². The molecule has 1 aliphatic rings. The second kappa shape index (κ2) is 10.8. The molecule has 0 amide bonds. The minimum Gasteiger partial charge on any atom is -0.493 e. The summed E-state index contributed by atoms with van der Waals surface area (Å²) < 4.78 is 11.5. The maximum absolute atomic E-state index is 6.58. The fourth-order valence-electron chi connectivity index (χ4n) is 3.94. The zero-order valence-electron chi connectivity index (χ0n) is 18.2. The first kappa shape index (κ1) is 22.6. The number of ether oxygens (including phenoxy) is 2. The molecule has 0 aliphatic carbocycles. The number of nitrogens with zero attached hydrogens (tertiary/aromatic N) is 1. The van der Waals surface area contributed by atoms with Crippen LogP contribution in [0.15, 0.2) is 60.7 Å². The average Bonchev–Trinajstić information content (AvgIpc) is 2.82. The largest absolute Gasteiger partial charge is 0.493 e. The van der Waals surface area contributed by atoms with Crippen molar-refractivity contribution in [2.24, 2.45) is 0 Å². The van der Waals surface area contributed by atoms with Crippen molar-refractivity contribution in [1.82, 2.24) is 0 Å². The molecule has 1 heterocycles. The van der Waals surface area contributed by atoms with Gasteiger partial charge in [-0.2, -0.15) is 0 Å². The van der Waals surface area contributed by atoms with Gasteiger partial charge >= 0.3 is 0 Å². The van der Waals surface area contributed by atoms with Gasteiger partial charge in [-0.3, -0.25) is 0 Å². The van der Waals surface area contributed by atoms with Crippen molar-refractivity contribution in [3.63, 3.8) is 0 Å². The Labute approximate surface area is 200 Å². The molecule has 0 atom stereocenters. The molecule has 3 aromatic rings. The summed E-state index contributed by atoms with van der Waals surface area (Å²) in [4.78, 5) is 2.38. The molecule has 4 nitrogen and oxygen atoms in total. The summed E-state index contributed by atoms with van der Waals surface area (Å²) in [5.74, 6) is 1.40. The van der Waals surface area contributed by atoms with Crippen LogP contribution in [0.4, 0.5) is 11.4 Å². The Morgan fingerprint density at radius 2 is 1.72 bits per heavy atom. The van der Waals surface area contributed by atoms with Crippen LogP contribution >= 0.6 is 23.2 Å². The number of hydrogen-bond acceptors (Lipinski definition) is 4. The zero-order valence-corrected chi connectivity index (χ0v) is 19.8. The van der Waals surface area contributed by atoms with Gasteiger partial charge < -0.3 is 19.7 Å². The summed E-state index contributed by atoms with van der Waals surface area (Å²) in [7, 11) is 1.65. The lowest BCUT2D eigenvalue weighted by Crippen LogP contribution is -2.29. The molecule has 0 spiro atoms. The van der Waals surface area contributed by atoms with Crippen LogP contribution in [0.25, 0.3) is 0 Å². The van der Waals surface area contributed by atoms with Gasteiger partial charge in [-0.15, -0.1) is 0 Å². The van der Waals surface area contributed by atoms with Crippen LogP contribution in [0.5, 0.6) is 11.5 Å². The van der Waals surface area contributed by atoms with Crippen molar-refractivity contribution >= 4 is 34.6 Å². The van der Waals surface area contributed by atoms with Gasteiger partial charge in [0.25, 0.3) is 0 Å². The number of benzene rings is 3. The third-order valence-corrected chi connectivity index (χ3v) is 6.19. The SMILES string of the molecule is COc1cc(CNc2ccc(N3CCCCC3)c(Cl)c2)ccc1OCc1cccc(Cl)c1. The third kappa shape index (κ3) is 5.81. The minimum absolute atomic E-state index is 0.427. The smallest absolute Gasteiger partial charge is 0.161 e. The van der Waals surface area contributed by atoms with E-state index in [1.54, 1.807) is 7.11 Å². The quantitative estimate of drug-likeness (QED) is 0.377. The topological polar surface area (TPSA) is 33.7 Å². The Kier molecular flexibility index (Phi) is 7.67. The molecule has 4 rings (SSSR count). The van der Waals surface area contributed by atoms with E-state index in [9.17, 15) is 0 Å². The van der Waals surface area contributed by atoms with Crippen molar-refractivity contribution in [3.8, 4) is 11.5 Å². The maximum atomic E-state index is 6.58. The molecule has 1 N–H and O–H groups in total. The number of anilines is 2. The van der Waals surface area contributed by atoms with Gasteiger partial charge in [-0.1, -0.05) is 41.4 Å². The fourth-order valence-corrected chi connectivity index (χ4v) is 4.45. The first-order valence-corrected chi connectivity index (χ1v) is 11.7. The molecule has 0 aromatic heterocycles. The summed E-state index contributed by atoms with van der Waals surface area (Å²) in [5, 5.41) is 4.94. The van der Waals surface area contributed by atoms with Gasteiger partial charge in [0.05, 0.1) is 17.8 Å². The molecule has 6 heteroatoms. The lowest BCUT2D eigenvalue weighted by Gasteiger charge is -2.29. The molecule has 32 heavy (non-hydrogen) atoms. The van der Waals surface area contributed by atoms with Crippen LogP contribution in [0.2, 0.25) is 10.0 Å². The van der Waals surface area contributed by atoms with Crippen LogP contribution in [0, 0.1) is 0 Å². The predicted octanol–water partition coefficient (Wildman–Crippen LogP) is 7.18. The summed E-state index contributed by atoms with van der Waals surface area (Å²) in [5.41, 5.74) is 4.22. The molecular weight excluding hydrogens is 443 g/mol. The first-order valence-electron chi connectivity index (χ1n) is 10.9. The van der Waals surface area contributed by atoms with Gasteiger partial charge in [-0.05, 0) is 72.9 Å². The molecule has 0 bridgehead atoms. The van der Waals surface area contributed by atoms with E-state index in [0.717, 1.165) is 40.6 Å². The lowest BCUT2D eigenvalue weighted by atomic mass is 10.1. The molecule has 1 aliphatic heterocycles. The van der Waals surface area contributed by atoms with E-state index >= 15 is 0 Å². The number of hydrogen-bond donors (Lipinski definition) is 1. The normalized spacial score (nSPS) is 13.7. The molecule has 1 saturated heterocycles. The number of rotatable bonds is 8. The van der Waals surface area contributed by atoms with E-state index in [2.05, 4.69) is 22.3 Å². The van der Waals surface area contributed by atoms with Crippen LogP contribution < -0.4 is 19.7 Å². The number of halogens is 2. The Morgan fingerprint density at radius 3 is 2.47 bits per heavy atom. The second-order valence-corrected chi connectivity index (χ2v) is 8.81. The monoisotopic (exact) mass is 470 g/mol. The summed E-state index contributed by atoms with van der Waals surface area (Å²) >= 11 is 12.6. The zero-order chi connectivity index (χ0) is 22.3. The lowest BCUT2D eigenvalue weighted by molar-refractivity contribution is 0.284.